The average Bonchev–Trinajstić information content (AvgIpc) is 2.40. The van der Waals surface area contributed by atoms with Gasteiger partial charge in [-0.1, -0.05) is 34.8 Å². The first kappa shape index (κ1) is 15.0. The lowest BCUT2D eigenvalue weighted by Gasteiger charge is -2.10. The molecule has 0 radical (unpaired) electrons. The molecule has 2 aromatic rings. The molecule has 0 saturated heterocycles. The zero-order valence-corrected chi connectivity index (χ0v) is 12.7. The minimum absolute atomic E-state index is 0.241. The maximum absolute atomic E-state index is 12.4. The van der Waals surface area contributed by atoms with Gasteiger partial charge in [0.15, 0.2) is 5.78 Å². The van der Waals surface area contributed by atoms with E-state index >= 15 is 0 Å². The molecule has 0 spiro atoms. The van der Waals surface area contributed by atoms with Crippen LogP contribution in [0.4, 0.5) is 5.69 Å². The fourth-order valence-corrected chi connectivity index (χ4v) is 2.41. The molecule has 0 aliphatic carbocycles. The second-order valence-corrected chi connectivity index (χ2v) is 5.28. The Bertz CT molecular complexity index is 686. The van der Waals surface area contributed by atoms with E-state index in [1.807, 2.05) is 0 Å². The number of hydrogen-bond donors (Lipinski definition) is 1. The molecule has 0 fully saturated rings. The van der Waals surface area contributed by atoms with Crippen molar-refractivity contribution in [1.82, 2.24) is 0 Å². The summed E-state index contributed by atoms with van der Waals surface area (Å²) in [4.78, 5) is 12.4. The van der Waals surface area contributed by atoms with Crippen LogP contribution < -0.4 is 10.5 Å². The Morgan fingerprint density at radius 3 is 2.35 bits per heavy atom. The first-order valence-electron chi connectivity index (χ1n) is 5.56. The lowest BCUT2D eigenvalue weighted by atomic mass is 10.0. The van der Waals surface area contributed by atoms with Gasteiger partial charge < -0.3 is 10.5 Å². The fourth-order valence-electron chi connectivity index (χ4n) is 1.74. The molecule has 0 atom stereocenters. The van der Waals surface area contributed by atoms with E-state index in [4.69, 9.17) is 45.3 Å². The van der Waals surface area contributed by atoms with Crippen LogP contribution in [0.1, 0.15) is 15.9 Å². The van der Waals surface area contributed by atoms with Crippen molar-refractivity contribution in [2.24, 2.45) is 0 Å². The third kappa shape index (κ3) is 2.85. The zero-order valence-electron chi connectivity index (χ0n) is 10.4. The van der Waals surface area contributed by atoms with Crippen LogP contribution in [-0.2, 0) is 0 Å². The number of ketones is 1. The van der Waals surface area contributed by atoms with Crippen LogP contribution in [0.5, 0.6) is 5.75 Å². The summed E-state index contributed by atoms with van der Waals surface area (Å²) >= 11 is 17.9. The lowest BCUT2D eigenvalue weighted by molar-refractivity contribution is 0.103. The van der Waals surface area contributed by atoms with E-state index in [0.29, 0.717) is 21.4 Å². The Morgan fingerprint density at radius 1 is 1.05 bits per heavy atom. The standard InChI is InChI=1S/C14H10Cl3NO2/c1-20-13-6-10(16)9(5-11(13)17)14(19)8-3-2-7(15)4-12(8)18/h2-6H,18H2,1H3. The van der Waals surface area contributed by atoms with Gasteiger partial charge >= 0.3 is 0 Å². The number of anilines is 1. The number of rotatable bonds is 3. The number of carbonyl (C=O) groups excluding carboxylic acids is 1. The highest BCUT2D eigenvalue weighted by atomic mass is 35.5. The number of methoxy groups -OCH3 is 1. The quantitative estimate of drug-likeness (QED) is 0.667. The highest BCUT2D eigenvalue weighted by Crippen LogP contribution is 2.33. The van der Waals surface area contributed by atoms with E-state index in [-0.39, 0.29) is 22.1 Å². The summed E-state index contributed by atoms with van der Waals surface area (Å²) < 4.78 is 5.04. The van der Waals surface area contributed by atoms with Crippen LogP contribution in [0, 0.1) is 0 Å². The number of ether oxygens (including phenoxy) is 1. The van der Waals surface area contributed by atoms with Crippen molar-refractivity contribution in [3.63, 3.8) is 0 Å². The number of carbonyl (C=O) groups is 1. The molecule has 0 heterocycles. The van der Waals surface area contributed by atoms with Crippen molar-refractivity contribution >= 4 is 46.3 Å². The van der Waals surface area contributed by atoms with Crippen molar-refractivity contribution in [3.8, 4) is 5.75 Å². The fraction of sp³-hybridized carbons (Fsp3) is 0.0714. The van der Waals surface area contributed by atoms with E-state index in [2.05, 4.69) is 0 Å². The van der Waals surface area contributed by atoms with Gasteiger partial charge in [0.05, 0.1) is 17.2 Å². The molecule has 6 heteroatoms. The Kier molecular flexibility index (Phi) is 4.43. The molecule has 3 nitrogen and oxygen atoms in total. The number of halogens is 3. The molecule has 2 N–H and O–H groups in total. The van der Waals surface area contributed by atoms with Gasteiger partial charge in [0, 0.05) is 27.9 Å². The summed E-state index contributed by atoms with van der Waals surface area (Å²) in [5.41, 5.74) is 6.65. The molecule has 0 amide bonds. The minimum atomic E-state index is -0.325. The Hall–Kier alpha value is -1.42. The predicted octanol–water partition coefficient (Wildman–Crippen LogP) is 4.47. The summed E-state index contributed by atoms with van der Waals surface area (Å²) in [6, 6.07) is 7.59. The van der Waals surface area contributed by atoms with E-state index in [1.165, 1.54) is 25.3 Å². The predicted molar refractivity (Wildman–Crippen MR) is 82.3 cm³/mol. The molecule has 104 valence electrons. The third-order valence-corrected chi connectivity index (χ3v) is 3.59. The second kappa shape index (κ2) is 5.92. The largest absolute Gasteiger partial charge is 0.495 e. The highest BCUT2D eigenvalue weighted by Gasteiger charge is 2.18. The maximum atomic E-state index is 12.4. The minimum Gasteiger partial charge on any atom is -0.495 e. The maximum Gasteiger partial charge on any atom is 0.196 e. The third-order valence-electron chi connectivity index (χ3n) is 2.74. The monoisotopic (exact) mass is 329 g/mol. The molecular weight excluding hydrogens is 321 g/mol. The summed E-state index contributed by atoms with van der Waals surface area (Å²) in [6.45, 7) is 0. The van der Waals surface area contributed by atoms with Gasteiger partial charge in [-0.05, 0) is 24.3 Å². The van der Waals surface area contributed by atoms with Gasteiger partial charge in [-0.15, -0.1) is 0 Å². The van der Waals surface area contributed by atoms with Crippen LogP contribution in [-0.4, -0.2) is 12.9 Å². The first-order chi connectivity index (χ1) is 9.43. The van der Waals surface area contributed by atoms with Gasteiger partial charge in [0.2, 0.25) is 0 Å². The van der Waals surface area contributed by atoms with Gasteiger partial charge in [0.25, 0.3) is 0 Å². The zero-order chi connectivity index (χ0) is 14.9. The molecule has 0 bridgehead atoms. The molecule has 20 heavy (non-hydrogen) atoms. The average molecular weight is 331 g/mol. The van der Waals surface area contributed by atoms with Crippen molar-refractivity contribution in [2.75, 3.05) is 12.8 Å². The van der Waals surface area contributed by atoms with Gasteiger partial charge in [-0.25, -0.2) is 0 Å². The van der Waals surface area contributed by atoms with Crippen molar-refractivity contribution in [2.45, 2.75) is 0 Å². The molecule has 0 aromatic heterocycles. The lowest BCUT2D eigenvalue weighted by Crippen LogP contribution is -2.06. The Morgan fingerprint density at radius 2 is 1.75 bits per heavy atom. The van der Waals surface area contributed by atoms with Crippen molar-refractivity contribution in [3.05, 3.63) is 56.5 Å². The Labute approximate surface area is 131 Å². The van der Waals surface area contributed by atoms with Gasteiger partial charge in [0.1, 0.15) is 5.75 Å². The van der Waals surface area contributed by atoms with Gasteiger partial charge in [-0.2, -0.15) is 0 Å². The van der Waals surface area contributed by atoms with Crippen LogP contribution in [0.3, 0.4) is 0 Å². The number of nitrogens with two attached hydrogens (primary N) is 1. The van der Waals surface area contributed by atoms with E-state index < -0.39 is 0 Å². The van der Waals surface area contributed by atoms with Crippen LogP contribution in [0.15, 0.2) is 30.3 Å². The van der Waals surface area contributed by atoms with E-state index in [1.54, 1.807) is 12.1 Å². The summed E-state index contributed by atoms with van der Waals surface area (Å²) in [7, 11) is 1.47. The smallest absolute Gasteiger partial charge is 0.196 e. The normalized spacial score (nSPS) is 10.4. The molecular formula is C14H10Cl3NO2. The van der Waals surface area contributed by atoms with Crippen LogP contribution in [0.25, 0.3) is 0 Å². The van der Waals surface area contributed by atoms with E-state index in [0.717, 1.165) is 0 Å². The highest BCUT2D eigenvalue weighted by molar-refractivity contribution is 6.38. The first-order valence-corrected chi connectivity index (χ1v) is 6.70. The van der Waals surface area contributed by atoms with Crippen molar-refractivity contribution in [1.29, 1.82) is 0 Å². The van der Waals surface area contributed by atoms with Crippen LogP contribution in [0.2, 0.25) is 15.1 Å². The SMILES string of the molecule is COc1cc(Cl)c(C(=O)c2ccc(Cl)cc2N)cc1Cl. The molecule has 0 saturated carbocycles. The Balaban J connectivity index is 2.51. The summed E-state index contributed by atoms with van der Waals surface area (Å²) in [6.07, 6.45) is 0. The summed E-state index contributed by atoms with van der Waals surface area (Å²) in [5.74, 6) is 0.0750. The molecule has 2 aromatic carbocycles. The van der Waals surface area contributed by atoms with Crippen LogP contribution >= 0.6 is 34.8 Å². The number of benzene rings is 2. The summed E-state index contributed by atoms with van der Waals surface area (Å²) in [5, 5.41) is 0.997. The topological polar surface area (TPSA) is 52.3 Å². The van der Waals surface area contributed by atoms with Crippen molar-refractivity contribution < 1.29 is 9.53 Å². The molecule has 0 unspecified atom stereocenters. The number of hydrogen-bond acceptors (Lipinski definition) is 3. The second-order valence-electron chi connectivity index (χ2n) is 4.03. The number of nitrogen functional groups attached to an aromatic ring is 1. The van der Waals surface area contributed by atoms with E-state index in [9.17, 15) is 4.79 Å². The molecule has 0 aliphatic heterocycles. The van der Waals surface area contributed by atoms with Gasteiger partial charge in [-0.3, -0.25) is 4.79 Å². The molecule has 2 rings (SSSR count). The molecule has 0 aliphatic rings.